The molecule has 0 aliphatic rings. The summed E-state index contributed by atoms with van der Waals surface area (Å²) < 4.78 is 8.87. The fourth-order valence-corrected chi connectivity index (χ4v) is 0.734. The fourth-order valence-electron chi connectivity index (χ4n) is 0.734. The summed E-state index contributed by atoms with van der Waals surface area (Å²) in [7, 11) is 2.65. The van der Waals surface area contributed by atoms with E-state index in [0.29, 0.717) is 6.42 Å². The first kappa shape index (κ1) is 11.7. The highest BCUT2D eigenvalue weighted by molar-refractivity contribution is 5.82. The van der Waals surface area contributed by atoms with Crippen molar-refractivity contribution >= 4 is 11.9 Å². The quantitative estimate of drug-likeness (QED) is 0.486. The first-order valence-corrected chi connectivity index (χ1v) is 3.92. The number of esters is 2. The zero-order valence-corrected chi connectivity index (χ0v) is 8.12. The lowest BCUT2D eigenvalue weighted by atomic mass is 10.1. The van der Waals surface area contributed by atoms with Gasteiger partial charge in [0.25, 0.3) is 0 Å². The molecular formula is C9H14O4. The van der Waals surface area contributed by atoms with Gasteiger partial charge in [-0.15, -0.1) is 0 Å². The molecule has 0 atom stereocenters. The molecule has 0 radical (unpaired) electrons. The van der Waals surface area contributed by atoms with E-state index in [0.717, 1.165) is 5.57 Å². The number of ether oxygens (including phenoxy) is 2. The highest BCUT2D eigenvalue weighted by Gasteiger charge is 2.02. The second-order valence-corrected chi connectivity index (χ2v) is 2.59. The Labute approximate surface area is 77.5 Å². The molecule has 0 spiro atoms. The average Bonchev–Trinajstić information content (AvgIpc) is 2.13. The van der Waals surface area contributed by atoms with Crippen molar-refractivity contribution in [2.45, 2.75) is 19.8 Å². The Morgan fingerprint density at radius 2 is 1.77 bits per heavy atom. The van der Waals surface area contributed by atoms with Gasteiger partial charge >= 0.3 is 11.9 Å². The molecule has 0 saturated heterocycles. The summed E-state index contributed by atoms with van der Waals surface area (Å²) in [6.07, 6.45) is 2.17. The highest BCUT2D eigenvalue weighted by atomic mass is 16.5. The molecule has 0 N–H and O–H groups in total. The topological polar surface area (TPSA) is 52.6 Å². The second-order valence-electron chi connectivity index (χ2n) is 2.59. The molecule has 0 aromatic heterocycles. The van der Waals surface area contributed by atoms with Crippen molar-refractivity contribution in [3.05, 3.63) is 11.6 Å². The van der Waals surface area contributed by atoms with Crippen molar-refractivity contribution < 1.29 is 19.1 Å². The van der Waals surface area contributed by atoms with Gasteiger partial charge in [0, 0.05) is 12.5 Å². The average molecular weight is 186 g/mol. The van der Waals surface area contributed by atoms with Crippen LogP contribution in [0.15, 0.2) is 11.6 Å². The Hall–Kier alpha value is -1.32. The first-order valence-electron chi connectivity index (χ1n) is 3.92. The van der Waals surface area contributed by atoms with E-state index in [-0.39, 0.29) is 12.4 Å². The smallest absolute Gasteiger partial charge is 0.330 e. The number of rotatable bonds is 4. The molecule has 74 valence electrons. The van der Waals surface area contributed by atoms with Crippen LogP contribution in [0.2, 0.25) is 0 Å². The summed E-state index contributed by atoms with van der Waals surface area (Å²) in [6, 6.07) is 0. The van der Waals surface area contributed by atoms with E-state index >= 15 is 0 Å². The van der Waals surface area contributed by atoms with E-state index in [1.54, 1.807) is 6.92 Å². The first-order chi connectivity index (χ1) is 6.10. The Kier molecular flexibility index (Phi) is 5.59. The number of hydrogen-bond donors (Lipinski definition) is 0. The van der Waals surface area contributed by atoms with Crippen molar-refractivity contribution in [3.8, 4) is 0 Å². The van der Waals surface area contributed by atoms with Gasteiger partial charge < -0.3 is 9.47 Å². The van der Waals surface area contributed by atoms with Gasteiger partial charge in [0.15, 0.2) is 0 Å². The van der Waals surface area contributed by atoms with E-state index in [1.165, 1.54) is 20.3 Å². The van der Waals surface area contributed by atoms with Gasteiger partial charge in [0.05, 0.1) is 14.2 Å². The van der Waals surface area contributed by atoms with Crippen molar-refractivity contribution in [3.63, 3.8) is 0 Å². The molecule has 0 saturated carbocycles. The lowest BCUT2D eigenvalue weighted by molar-refractivity contribution is -0.140. The predicted molar refractivity (Wildman–Crippen MR) is 47.0 cm³/mol. The van der Waals surface area contributed by atoms with Crippen molar-refractivity contribution in [2.75, 3.05) is 14.2 Å². The van der Waals surface area contributed by atoms with Crippen LogP contribution in [-0.4, -0.2) is 26.2 Å². The highest BCUT2D eigenvalue weighted by Crippen LogP contribution is 2.04. The van der Waals surface area contributed by atoms with Crippen molar-refractivity contribution in [1.82, 2.24) is 0 Å². The molecule has 0 aliphatic heterocycles. The third-order valence-electron chi connectivity index (χ3n) is 1.52. The van der Waals surface area contributed by atoms with Crippen LogP contribution in [-0.2, 0) is 19.1 Å². The second kappa shape index (κ2) is 6.22. The van der Waals surface area contributed by atoms with Gasteiger partial charge in [-0.25, -0.2) is 4.79 Å². The summed E-state index contributed by atoms with van der Waals surface area (Å²) in [5.74, 6) is -0.681. The van der Waals surface area contributed by atoms with Crippen LogP contribution in [0, 0.1) is 0 Å². The molecule has 0 rings (SSSR count). The summed E-state index contributed by atoms with van der Waals surface area (Å²) in [4.78, 5) is 21.4. The standard InChI is InChI=1S/C9H14O4/c1-7(6-9(11)13-3)4-5-8(10)12-2/h6H,4-5H2,1-3H3/b7-6+. The molecule has 0 aliphatic carbocycles. The molecule has 0 heterocycles. The van der Waals surface area contributed by atoms with E-state index in [4.69, 9.17) is 0 Å². The molecule has 0 bridgehead atoms. The molecule has 13 heavy (non-hydrogen) atoms. The van der Waals surface area contributed by atoms with Gasteiger partial charge in [-0.2, -0.15) is 0 Å². The minimum Gasteiger partial charge on any atom is -0.469 e. The molecule has 4 heteroatoms. The monoisotopic (exact) mass is 186 g/mol. The molecule has 0 unspecified atom stereocenters. The minimum absolute atomic E-state index is 0.280. The number of allylic oxidation sites excluding steroid dienone is 1. The van der Waals surface area contributed by atoms with Crippen LogP contribution < -0.4 is 0 Å². The summed E-state index contributed by atoms with van der Waals surface area (Å²) in [5.41, 5.74) is 0.803. The predicted octanol–water partition coefficient (Wildman–Crippen LogP) is 1.06. The maximum atomic E-state index is 10.7. The SMILES string of the molecule is COC(=O)/C=C(\C)CCC(=O)OC. The van der Waals surface area contributed by atoms with Crippen LogP contribution in [0.3, 0.4) is 0 Å². The number of carbonyl (C=O) groups is 2. The minimum atomic E-state index is -0.401. The maximum absolute atomic E-state index is 10.7. The van der Waals surface area contributed by atoms with Crippen molar-refractivity contribution in [1.29, 1.82) is 0 Å². The van der Waals surface area contributed by atoms with Gasteiger partial charge in [-0.3, -0.25) is 4.79 Å². The van der Waals surface area contributed by atoms with Crippen LogP contribution in [0.1, 0.15) is 19.8 Å². The number of carbonyl (C=O) groups excluding carboxylic acids is 2. The van der Waals surface area contributed by atoms with E-state index in [1.807, 2.05) is 0 Å². The van der Waals surface area contributed by atoms with Crippen LogP contribution in [0.5, 0.6) is 0 Å². The van der Waals surface area contributed by atoms with Crippen LogP contribution in [0.25, 0.3) is 0 Å². The fraction of sp³-hybridized carbons (Fsp3) is 0.556. The van der Waals surface area contributed by atoms with Crippen molar-refractivity contribution in [2.24, 2.45) is 0 Å². The number of hydrogen-bond acceptors (Lipinski definition) is 4. The lowest BCUT2D eigenvalue weighted by Gasteiger charge is -1.99. The Balaban J connectivity index is 3.86. The number of methoxy groups -OCH3 is 2. The summed E-state index contributed by atoms with van der Waals surface area (Å²) >= 11 is 0. The Bertz CT molecular complexity index is 218. The summed E-state index contributed by atoms with van der Waals surface area (Å²) in [5, 5.41) is 0. The molecule has 0 aromatic carbocycles. The van der Waals surface area contributed by atoms with Crippen LogP contribution in [0.4, 0.5) is 0 Å². The maximum Gasteiger partial charge on any atom is 0.330 e. The third kappa shape index (κ3) is 5.90. The van der Waals surface area contributed by atoms with Gasteiger partial charge in [-0.1, -0.05) is 5.57 Å². The van der Waals surface area contributed by atoms with E-state index < -0.39 is 5.97 Å². The largest absolute Gasteiger partial charge is 0.469 e. The van der Waals surface area contributed by atoms with Gasteiger partial charge in [-0.05, 0) is 13.3 Å². The third-order valence-corrected chi connectivity index (χ3v) is 1.52. The lowest BCUT2D eigenvalue weighted by Crippen LogP contribution is -2.01. The molecular weight excluding hydrogens is 172 g/mol. The zero-order valence-electron chi connectivity index (χ0n) is 8.12. The molecule has 4 nitrogen and oxygen atoms in total. The molecule has 0 aromatic rings. The summed E-state index contributed by atoms with van der Waals surface area (Å²) in [6.45, 7) is 1.76. The van der Waals surface area contributed by atoms with Crippen LogP contribution >= 0.6 is 0 Å². The van der Waals surface area contributed by atoms with Gasteiger partial charge in [0.2, 0.25) is 0 Å². The zero-order chi connectivity index (χ0) is 10.3. The molecule has 0 amide bonds. The normalized spacial score (nSPS) is 10.8. The Morgan fingerprint density at radius 1 is 1.15 bits per heavy atom. The van der Waals surface area contributed by atoms with E-state index in [2.05, 4.69) is 9.47 Å². The van der Waals surface area contributed by atoms with Gasteiger partial charge in [0.1, 0.15) is 0 Å². The molecule has 0 fully saturated rings. The Morgan fingerprint density at radius 3 is 2.23 bits per heavy atom. The van der Waals surface area contributed by atoms with E-state index in [9.17, 15) is 9.59 Å².